The number of amides is 3. The molecule has 1 N–H and O–H groups in total. The highest BCUT2D eigenvalue weighted by molar-refractivity contribution is 6.09. The molecule has 128 valence electrons. The molecule has 0 radical (unpaired) electrons. The zero-order valence-electron chi connectivity index (χ0n) is 14.0. The molecule has 3 aromatic rings. The van der Waals surface area contributed by atoms with E-state index in [1.807, 2.05) is 66.7 Å². The fourth-order valence-corrected chi connectivity index (χ4v) is 3.31. The van der Waals surface area contributed by atoms with E-state index in [1.54, 1.807) is 18.3 Å². The first-order valence-corrected chi connectivity index (χ1v) is 8.37. The van der Waals surface area contributed by atoms with E-state index in [1.165, 1.54) is 4.90 Å². The van der Waals surface area contributed by atoms with Gasteiger partial charge in [-0.2, -0.15) is 0 Å². The van der Waals surface area contributed by atoms with Crippen molar-refractivity contribution >= 4 is 11.9 Å². The number of nitrogens with zero attached hydrogens (tertiary/aromatic N) is 2. The standard InChI is InChI=1S/C21H17N3O2/c25-19-21(16-9-3-1-4-10-16,17-11-5-2-6-12-17)23-20(26)24(19)15-18-13-7-8-14-22-18/h1-14H,15H2,(H,23,26). The van der Waals surface area contributed by atoms with Crippen LogP contribution in [0.15, 0.2) is 85.1 Å². The summed E-state index contributed by atoms with van der Waals surface area (Å²) in [5.41, 5.74) is 0.892. The molecule has 1 aliphatic heterocycles. The van der Waals surface area contributed by atoms with Gasteiger partial charge in [-0.3, -0.25) is 14.7 Å². The minimum atomic E-state index is -1.23. The minimum Gasteiger partial charge on any atom is -0.315 e. The average molecular weight is 343 g/mol. The summed E-state index contributed by atoms with van der Waals surface area (Å²) < 4.78 is 0. The van der Waals surface area contributed by atoms with Crippen LogP contribution < -0.4 is 5.32 Å². The van der Waals surface area contributed by atoms with Crippen LogP contribution in [0.25, 0.3) is 0 Å². The predicted molar refractivity (Wildman–Crippen MR) is 97.0 cm³/mol. The molecule has 0 saturated carbocycles. The number of urea groups is 1. The number of carbonyl (C=O) groups excluding carboxylic acids is 2. The zero-order chi connectivity index (χ0) is 18.0. The molecule has 0 atom stereocenters. The Morgan fingerprint density at radius 2 is 1.38 bits per heavy atom. The molecule has 1 aliphatic rings. The Bertz CT molecular complexity index is 888. The zero-order valence-corrected chi connectivity index (χ0v) is 14.0. The molecule has 1 fully saturated rings. The maximum absolute atomic E-state index is 13.5. The van der Waals surface area contributed by atoms with Crippen molar-refractivity contribution in [3.05, 3.63) is 102 Å². The summed E-state index contributed by atoms with van der Waals surface area (Å²) in [7, 11) is 0. The van der Waals surface area contributed by atoms with Gasteiger partial charge >= 0.3 is 6.03 Å². The van der Waals surface area contributed by atoms with Crippen molar-refractivity contribution in [2.75, 3.05) is 0 Å². The number of carbonyl (C=O) groups is 2. The summed E-state index contributed by atoms with van der Waals surface area (Å²) in [5.74, 6) is -0.300. The van der Waals surface area contributed by atoms with Crippen LogP contribution in [0, 0.1) is 0 Å². The molecular weight excluding hydrogens is 326 g/mol. The smallest absolute Gasteiger partial charge is 0.315 e. The van der Waals surface area contributed by atoms with E-state index in [2.05, 4.69) is 10.3 Å². The predicted octanol–water partition coefficient (Wildman–Crippen LogP) is 3.08. The molecule has 4 rings (SSSR count). The number of pyridine rings is 1. The maximum atomic E-state index is 13.5. The first-order valence-electron chi connectivity index (χ1n) is 8.37. The molecule has 3 amide bonds. The third kappa shape index (κ3) is 2.54. The van der Waals surface area contributed by atoms with Crippen molar-refractivity contribution < 1.29 is 9.59 Å². The van der Waals surface area contributed by atoms with Gasteiger partial charge in [0.25, 0.3) is 5.91 Å². The molecule has 0 spiro atoms. The summed E-state index contributed by atoms with van der Waals surface area (Å²) >= 11 is 0. The van der Waals surface area contributed by atoms with Crippen LogP contribution in [-0.2, 0) is 16.9 Å². The third-order valence-electron chi connectivity index (χ3n) is 4.57. The number of hydrogen-bond acceptors (Lipinski definition) is 3. The Morgan fingerprint density at radius 3 is 1.92 bits per heavy atom. The number of hydrogen-bond donors (Lipinski definition) is 1. The molecular formula is C21H17N3O2. The Morgan fingerprint density at radius 1 is 0.808 bits per heavy atom. The number of nitrogens with one attached hydrogen (secondary N) is 1. The van der Waals surface area contributed by atoms with E-state index in [9.17, 15) is 9.59 Å². The highest BCUT2D eigenvalue weighted by Crippen LogP contribution is 2.36. The second-order valence-electron chi connectivity index (χ2n) is 6.12. The Balaban J connectivity index is 1.80. The van der Waals surface area contributed by atoms with Crippen molar-refractivity contribution in [2.24, 2.45) is 0 Å². The molecule has 0 aliphatic carbocycles. The fourth-order valence-electron chi connectivity index (χ4n) is 3.31. The maximum Gasteiger partial charge on any atom is 0.325 e. The van der Waals surface area contributed by atoms with Crippen LogP contribution in [0.5, 0.6) is 0 Å². The highest BCUT2D eigenvalue weighted by Gasteiger charge is 2.53. The molecule has 5 nitrogen and oxygen atoms in total. The number of imide groups is 1. The number of rotatable bonds is 4. The van der Waals surface area contributed by atoms with Crippen LogP contribution in [-0.4, -0.2) is 21.8 Å². The topological polar surface area (TPSA) is 62.3 Å². The van der Waals surface area contributed by atoms with Gasteiger partial charge in [0.05, 0.1) is 12.2 Å². The average Bonchev–Trinajstić information content (AvgIpc) is 2.96. The number of aromatic nitrogens is 1. The molecule has 0 unspecified atom stereocenters. The van der Waals surface area contributed by atoms with E-state index >= 15 is 0 Å². The highest BCUT2D eigenvalue weighted by atomic mass is 16.2. The van der Waals surface area contributed by atoms with Crippen LogP contribution >= 0.6 is 0 Å². The monoisotopic (exact) mass is 343 g/mol. The summed E-state index contributed by atoms with van der Waals surface area (Å²) in [6.07, 6.45) is 1.65. The summed E-state index contributed by atoms with van der Waals surface area (Å²) in [6.45, 7) is 0.132. The fraction of sp³-hybridized carbons (Fsp3) is 0.0952. The molecule has 0 bridgehead atoms. The van der Waals surface area contributed by atoms with E-state index in [-0.39, 0.29) is 12.5 Å². The Labute approximate surface area is 151 Å². The normalized spacial score (nSPS) is 15.8. The van der Waals surface area contributed by atoms with Crippen LogP contribution in [0.4, 0.5) is 4.79 Å². The summed E-state index contributed by atoms with van der Waals surface area (Å²) in [5, 5.41) is 2.93. The summed E-state index contributed by atoms with van der Waals surface area (Å²) in [4.78, 5) is 31.6. The van der Waals surface area contributed by atoms with Crippen molar-refractivity contribution in [2.45, 2.75) is 12.1 Å². The lowest BCUT2D eigenvalue weighted by Gasteiger charge is -2.28. The van der Waals surface area contributed by atoms with Crippen LogP contribution in [0.2, 0.25) is 0 Å². The van der Waals surface area contributed by atoms with Gasteiger partial charge in [-0.05, 0) is 23.3 Å². The van der Waals surface area contributed by atoms with E-state index in [4.69, 9.17) is 0 Å². The molecule has 1 saturated heterocycles. The Kier molecular flexibility index (Phi) is 3.97. The van der Waals surface area contributed by atoms with Gasteiger partial charge in [-0.1, -0.05) is 66.7 Å². The largest absolute Gasteiger partial charge is 0.325 e. The number of benzene rings is 2. The lowest BCUT2D eigenvalue weighted by atomic mass is 9.82. The van der Waals surface area contributed by atoms with E-state index in [0.717, 1.165) is 11.1 Å². The van der Waals surface area contributed by atoms with Gasteiger partial charge in [0, 0.05) is 6.20 Å². The second-order valence-corrected chi connectivity index (χ2v) is 6.12. The van der Waals surface area contributed by atoms with Crippen molar-refractivity contribution in [3.8, 4) is 0 Å². The van der Waals surface area contributed by atoms with Crippen LogP contribution in [0.1, 0.15) is 16.8 Å². The van der Waals surface area contributed by atoms with Gasteiger partial charge in [-0.15, -0.1) is 0 Å². The minimum absolute atomic E-state index is 0.132. The summed E-state index contributed by atoms with van der Waals surface area (Å²) in [6, 6.07) is 23.7. The van der Waals surface area contributed by atoms with Crippen molar-refractivity contribution in [1.82, 2.24) is 15.2 Å². The quantitative estimate of drug-likeness (QED) is 0.741. The molecule has 1 aromatic heterocycles. The second kappa shape index (κ2) is 6.44. The van der Waals surface area contributed by atoms with Crippen LogP contribution in [0.3, 0.4) is 0 Å². The molecule has 26 heavy (non-hydrogen) atoms. The Hall–Kier alpha value is -3.47. The molecule has 2 aromatic carbocycles. The lowest BCUT2D eigenvalue weighted by molar-refractivity contribution is -0.130. The lowest BCUT2D eigenvalue weighted by Crippen LogP contribution is -2.45. The van der Waals surface area contributed by atoms with Gasteiger partial charge in [-0.25, -0.2) is 4.79 Å². The molecule has 5 heteroatoms. The van der Waals surface area contributed by atoms with E-state index < -0.39 is 11.6 Å². The van der Waals surface area contributed by atoms with Crippen molar-refractivity contribution in [1.29, 1.82) is 0 Å². The third-order valence-corrected chi connectivity index (χ3v) is 4.57. The van der Waals surface area contributed by atoms with Gasteiger partial charge in [0.2, 0.25) is 0 Å². The van der Waals surface area contributed by atoms with Gasteiger partial charge in [0.1, 0.15) is 0 Å². The first-order chi connectivity index (χ1) is 12.7. The SMILES string of the molecule is O=C1NC(c2ccccc2)(c2ccccc2)C(=O)N1Cc1ccccn1. The first kappa shape index (κ1) is 16.0. The van der Waals surface area contributed by atoms with E-state index in [0.29, 0.717) is 5.69 Å². The van der Waals surface area contributed by atoms with Gasteiger partial charge in [0.15, 0.2) is 5.54 Å². The van der Waals surface area contributed by atoms with Gasteiger partial charge < -0.3 is 5.32 Å². The van der Waals surface area contributed by atoms with Crippen molar-refractivity contribution in [3.63, 3.8) is 0 Å². The molecule has 2 heterocycles.